The van der Waals surface area contributed by atoms with E-state index in [9.17, 15) is 0 Å². The van der Waals surface area contributed by atoms with E-state index in [2.05, 4.69) is 26.2 Å². The van der Waals surface area contributed by atoms with E-state index in [1.54, 1.807) is 17.2 Å². The van der Waals surface area contributed by atoms with E-state index < -0.39 is 0 Å². The Kier molecular flexibility index (Phi) is 2.86. The average Bonchev–Trinajstić information content (AvgIpc) is 3.07. The molecule has 0 aliphatic heterocycles. The van der Waals surface area contributed by atoms with Crippen LogP contribution in [0.2, 0.25) is 0 Å². The maximum absolute atomic E-state index is 5.30. The number of imidazole rings is 1. The van der Waals surface area contributed by atoms with Crippen LogP contribution in [0.25, 0.3) is 11.2 Å². The number of fused-ring (bicyclic) bond motifs is 1. The minimum absolute atomic E-state index is 0.436. The van der Waals surface area contributed by atoms with E-state index in [1.807, 2.05) is 12.1 Å². The molecule has 0 saturated heterocycles. The Labute approximate surface area is 109 Å². The van der Waals surface area contributed by atoms with Crippen LogP contribution < -0.4 is 5.32 Å². The molecule has 0 atom stereocenters. The SMILES string of the molecule is C#CCn1cnc2c(NCc3ccco3)ncnc21. The van der Waals surface area contributed by atoms with Crippen molar-refractivity contribution in [2.24, 2.45) is 0 Å². The van der Waals surface area contributed by atoms with Crippen LogP contribution in [0.3, 0.4) is 0 Å². The van der Waals surface area contributed by atoms with Crippen LogP contribution in [-0.2, 0) is 13.1 Å². The first-order valence-corrected chi connectivity index (χ1v) is 5.74. The van der Waals surface area contributed by atoms with E-state index in [1.165, 1.54) is 6.33 Å². The molecule has 6 nitrogen and oxygen atoms in total. The lowest BCUT2D eigenvalue weighted by molar-refractivity contribution is 0.518. The second-order valence-corrected chi connectivity index (χ2v) is 3.90. The van der Waals surface area contributed by atoms with Gasteiger partial charge < -0.3 is 14.3 Å². The van der Waals surface area contributed by atoms with Crippen molar-refractivity contribution in [2.75, 3.05) is 5.32 Å². The molecule has 0 radical (unpaired) electrons. The summed E-state index contributed by atoms with van der Waals surface area (Å²) in [5.41, 5.74) is 1.42. The van der Waals surface area contributed by atoms with Gasteiger partial charge in [-0.25, -0.2) is 15.0 Å². The van der Waals surface area contributed by atoms with Gasteiger partial charge in [0.25, 0.3) is 0 Å². The fourth-order valence-corrected chi connectivity index (χ4v) is 1.81. The molecule has 94 valence electrons. The van der Waals surface area contributed by atoms with E-state index in [0.717, 1.165) is 11.4 Å². The molecular formula is C13H11N5O. The minimum atomic E-state index is 0.436. The number of hydrogen-bond acceptors (Lipinski definition) is 5. The van der Waals surface area contributed by atoms with Crippen molar-refractivity contribution in [3.8, 4) is 12.3 Å². The van der Waals surface area contributed by atoms with Crippen LogP contribution in [0.5, 0.6) is 0 Å². The highest BCUT2D eigenvalue weighted by molar-refractivity contribution is 5.82. The summed E-state index contributed by atoms with van der Waals surface area (Å²) in [6.07, 6.45) is 10.1. The molecule has 0 unspecified atom stereocenters. The highest BCUT2D eigenvalue weighted by Gasteiger charge is 2.09. The highest BCUT2D eigenvalue weighted by Crippen LogP contribution is 2.17. The van der Waals surface area contributed by atoms with Crippen molar-refractivity contribution in [1.29, 1.82) is 0 Å². The first-order valence-electron chi connectivity index (χ1n) is 5.74. The first kappa shape index (κ1) is 11.3. The lowest BCUT2D eigenvalue weighted by Gasteiger charge is -2.04. The summed E-state index contributed by atoms with van der Waals surface area (Å²) in [5, 5.41) is 3.17. The van der Waals surface area contributed by atoms with Gasteiger partial charge in [0.05, 0.1) is 25.7 Å². The summed E-state index contributed by atoms with van der Waals surface area (Å²) in [7, 11) is 0. The summed E-state index contributed by atoms with van der Waals surface area (Å²) in [4.78, 5) is 12.7. The molecule has 3 heterocycles. The molecule has 3 rings (SSSR count). The van der Waals surface area contributed by atoms with Gasteiger partial charge in [0.15, 0.2) is 11.5 Å². The number of anilines is 1. The van der Waals surface area contributed by atoms with Gasteiger partial charge in [0, 0.05) is 0 Å². The van der Waals surface area contributed by atoms with Gasteiger partial charge in [-0.1, -0.05) is 5.92 Å². The molecule has 3 aromatic rings. The Hall–Kier alpha value is -2.81. The van der Waals surface area contributed by atoms with Crippen molar-refractivity contribution < 1.29 is 4.42 Å². The van der Waals surface area contributed by atoms with Crippen LogP contribution in [0.1, 0.15) is 5.76 Å². The molecule has 0 spiro atoms. The summed E-state index contributed by atoms with van der Waals surface area (Å²) >= 11 is 0. The largest absolute Gasteiger partial charge is 0.467 e. The fourth-order valence-electron chi connectivity index (χ4n) is 1.81. The van der Waals surface area contributed by atoms with Crippen molar-refractivity contribution in [1.82, 2.24) is 19.5 Å². The third-order valence-electron chi connectivity index (χ3n) is 2.67. The monoisotopic (exact) mass is 253 g/mol. The predicted octanol–water partition coefficient (Wildman–Crippen LogP) is 1.66. The van der Waals surface area contributed by atoms with Crippen molar-refractivity contribution in [3.63, 3.8) is 0 Å². The standard InChI is InChI=1S/C13H11N5O/c1-2-5-18-9-17-11-12(15-8-16-13(11)18)14-7-10-4-3-6-19-10/h1,3-4,6,8-9H,5,7H2,(H,14,15,16). The van der Waals surface area contributed by atoms with E-state index in [-0.39, 0.29) is 0 Å². The molecule has 0 saturated carbocycles. The quantitative estimate of drug-likeness (QED) is 0.716. The Morgan fingerprint density at radius 1 is 1.37 bits per heavy atom. The van der Waals surface area contributed by atoms with Crippen LogP contribution in [0, 0.1) is 12.3 Å². The van der Waals surface area contributed by atoms with Gasteiger partial charge in [-0.05, 0) is 12.1 Å². The number of nitrogens with zero attached hydrogens (tertiary/aromatic N) is 4. The minimum Gasteiger partial charge on any atom is -0.467 e. The van der Waals surface area contributed by atoms with E-state index in [0.29, 0.717) is 24.4 Å². The first-order chi connectivity index (χ1) is 9.38. The molecule has 0 aliphatic rings. The molecule has 0 bridgehead atoms. The van der Waals surface area contributed by atoms with Gasteiger partial charge in [-0.15, -0.1) is 6.42 Å². The fraction of sp³-hybridized carbons (Fsp3) is 0.154. The topological polar surface area (TPSA) is 68.8 Å². The highest BCUT2D eigenvalue weighted by atomic mass is 16.3. The van der Waals surface area contributed by atoms with Gasteiger partial charge in [0.2, 0.25) is 0 Å². The van der Waals surface area contributed by atoms with E-state index in [4.69, 9.17) is 10.8 Å². The van der Waals surface area contributed by atoms with Crippen LogP contribution in [0.4, 0.5) is 5.82 Å². The zero-order chi connectivity index (χ0) is 13.1. The second-order valence-electron chi connectivity index (χ2n) is 3.90. The molecule has 3 aromatic heterocycles. The lowest BCUT2D eigenvalue weighted by atomic mass is 10.4. The average molecular weight is 253 g/mol. The zero-order valence-corrected chi connectivity index (χ0v) is 10.1. The van der Waals surface area contributed by atoms with Gasteiger partial charge >= 0.3 is 0 Å². The lowest BCUT2D eigenvalue weighted by Crippen LogP contribution is -2.02. The number of furan rings is 1. The smallest absolute Gasteiger partial charge is 0.166 e. The number of terminal acetylenes is 1. The third-order valence-corrected chi connectivity index (χ3v) is 2.67. The van der Waals surface area contributed by atoms with Crippen LogP contribution >= 0.6 is 0 Å². The Balaban J connectivity index is 1.89. The Morgan fingerprint density at radius 3 is 3.11 bits per heavy atom. The number of nitrogens with one attached hydrogen (secondary N) is 1. The van der Waals surface area contributed by atoms with Crippen molar-refractivity contribution >= 4 is 17.0 Å². The Morgan fingerprint density at radius 2 is 2.32 bits per heavy atom. The normalized spacial score (nSPS) is 10.5. The van der Waals surface area contributed by atoms with Crippen molar-refractivity contribution in [3.05, 3.63) is 36.8 Å². The van der Waals surface area contributed by atoms with Crippen LogP contribution in [0.15, 0.2) is 35.5 Å². The summed E-state index contributed by atoms with van der Waals surface area (Å²) in [6.45, 7) is 0.978. The summed E-state index contributed by atoms with van der Waals surface area (Å²) in [5.74, 6) is 4.06. The zero-order valence-electron chi connectivity index (χ0n) is 10.1. The van der Waals surface area contributed by atoms with Gasteiger partial charge in [-0.2, -0.15) is 0 Å². The van der Waals surface area contributed by atoms with Crippen LogP contribution in [-0.4, -0.2) is 19.5 Å². The maximum atomic E-state index is 5.30. The predicted molar refractivity (Wildman–Crippen MR) is 70.2 cm³/mol. The van der Waals surface area contributed by atoms with Gasteiger partial charge in [0.1, 0.15) is 17.6 Å². The molecule has 1 N–H and O–H groups in total. The molecule has 0 aromatic carbocycles. The molecule has 6 heteroatoms. The third kappa shape index (κ3) is 2.13. The van der Waals surface area contributed by atoms with Gasteiger partial charge in [-0.3, -0.25) is 0 Å². The molecule has 19 heavy (non-hydrogen) atoms. The maximum Gasteiger partial charge on any atom is 0.166 e. The molecule has 0 amide bonds. The number of hydrogen-bond donors (Lipinski definition) is 1. The molecule has 0 fully saturated rings. The number of rotatable bonds is 4. The molecular weight excluding hydrogens is 242 g/mol. The second kappa shape index (κ2) is 4.82. The van der Waals surface area contributed by atoms with Crippen molar-refractivity contribution in [2.45, 2.75) is 13.1 Å². The summed E-state index contributed by atoms with van der Waals surface area (Å²) < 4.78 is 7.05. The van der Waals surface area contributed by atoms with E-state index >= 15 is 0 Å². The number of aromatic nitrogens is 4. The summed E-state index contributed by atoms with van der Waals surface area (Å²) in [6, 6.07) is 3.73. The Bertz CT molecular complexity index is 723. The molecule has 0 aliphatic carbocycles.